The molecule has 0 aliphatic heterocycles. The van der Waals surface area contributed by atoms with Gasteiger partial charge >= 0.3 is 5.97 Å². The molecule has 0 spiro atoms. The van der Waals surface area contributed by atoms with E-state index in [1.54, 1.807) is 12.3 Å². The van der Waals surface area contributed by atoms with E-state index >= 15 is 0 Å². The van der Waals surface area contributed by atoms with Crippen LogP contribution in [-0.2, 0) is 22.6 Å². The third-order valence-corrected chi connectivity index (χ3v) is 4.80. The van der Waals surface area contributed by atoms with Crippen molar-refractivity contribution in [1.29, 1.82) is 0 Å². The lowest BCUT2D eigenvalue weighted by Crippen LogP contribution is -2.06. The molecule has 0 fully saturated rings. The molecule has 1 atom stereocenters. The van der Waals surface area contributed by atoms with E-state index in [-0.39, 0.29) is 0 Å². The summed E-state index contributed by atoms with van der Waals surface area (Å²) in [6.45, 7) is 3.33. The van der Waals surface area contributed by atoms with Crippen molar-refractivity contribution < 1.29 is 13.7 Å². The Morgan fingerprint density at radius 1 is 1.27 bits per heavy atom. The summed E-state index contributed by atoms with van der Waals surface area (Å²) in [6, 6.07) is 9.85. The highest BCUT2D eigenvalue weighted by Gasteiger charge is 2.21. The van der Waals surface area contributed by atoms with E-state index in [1.165, 1.54) is 6.92 Å². The van der Waals surface area contributed by atoms with Crippen molar-refractivity contribution in [2.75, 3.05) is 6.26 Å². The first-order chi connectivity index (χ1) is 10.4. The molecule has 2 aromatic carbocycles. The van der Waals surface area contributed by atoms with Gasteiger partial charge in [0, 0.05) is 36.5 Å². The van der Waals surface area contributed by atoms with Crippen molar-refractivity contribution in [3.8, 4) is 5.75 Å². The fraction of sp³-hybridized carbons (Fsp3) is 0.235. The van der Waals surface area contributed by atoms with Crippen LogP contribution in [0.1, 0.15) is 12.5 Å². The van der Waals surface area contributed by atoms with E-state index in [2.05, 4.69) is 6.07 Å². The van der Waals surface area contributed by atoms with Crippen LogP contribution in [0.2, 0.25) is 0 Å². The number of nitrogens with zero attached hydrogens (tertiary/aromatic N) is 1. The van der Waals surface area contributed by atoms with Gasteiger partial charge in [-0.2, -0.15) is 0 Å². The predicted octanol–water partition coefficient (Wildman–Crippen LogP) is 3.30. The van der Waals surface area contributed by atoms with Crippen LogP contribution in [0.15, 0.2) is 35.2 Å². The Bertz CT molecular complexity index is 940. The van der Waals surface area contributed by atoms with Gasteiger partial charge in [-0.05, 0) is 24.6 Å². The van der Waals surface area contributed by atoms with Crippen LogP contribution in [0.3, 0.4) is 0 Å². The monoisotopic (exact) mass is 315 g/mol. The number of carbonyl (C=O) groups excluding carboxylic acids is 1. The number of esters is 1. The molecule has 1 unspecified atom stereocenters. The smallest absolute Gasteiger partial charge is 0.308 e. The molecule has 114 valence electrons. The molecule has 22 heavy (non-hydrogen) atoms. The summed E-state index contributed by atoms with van der Waals surface area (Å²) >= 11 is 0. The molecule has 1 heterocycles. The van der Waals surface area contributed by atoms with E-state index < -0.39 is 16.8 Å². The molecule has 0 aliphatic rings. The average molecular weight is 315 g/mol. The lowest BCUT2D eigenvalue weighted by molar-refractivity contribution is -0.132. The number of hydrogen-bond acceptors (Lipinski definition) is 3. The van der Waals surface area contributed by atoms with Crippen molar-refractivity contribution in [3.63, 3.8) is 0 Å². The van der Waals surface area contributed by atoms with Crippen molar-refractivity contribution in [3.05, 3.63) is 35.9 Å². The molecule has 0 N–H and O–H groups in total. The molecule has 5 heteroatoms. The molecule has 0 saturated carbocycles. The molecule has 3 aromatic rings. The average Bonchev–Trinajstić information content (AvgIpc) is 2.73. The normalized spacial score (nSPS) is 12.7. The van der Waals surface area contributed by atoms with Gasteiger partial charge in [-0.25, -0.2) is 0 Å². The highest BCUT2D eigenvalue weighted by Crippen LogP contribution is 2.39. The number of carbonyl (C=O) groups is 1. The third-order valence-electron chi connectivity index (χ3n) is 3.83. The van der Waals surface area contributed by atoms with E-state index in [1.807, 2.05) is 36.7 Å². The van der Waals surface area contributed by atoms with E-state index in [9.17, 15) is 9.00 Å². The number of hydrogen-bond donors (Lipinski definition) is 0. The first-order valence-electron chi connectivity index (χ1n) is 6.94. The Balaban J connectivity index is 2.55. The van der Waals surface area contributed by atoms with E-state index in [4.69, 9.17) is 4.74 Å². The number of aromatic nitrogens is 1. The molecule has 4 nitrogen and oxygen atoms in total. The standard InChI is InChI=1S/C17H17NO3S/c1-10-9-14(21-11(2)19)17(22(4)20)16-15(10)12-7-5-6-8-13(12)18(16)3/h5-9H,1-4H3. The zero-order chi connectivity index (χ0) is 16.0. The quantitative estimate of drug-likeness (QED) is 0.538. The molecule has 0 amide bonds. The number of ether oxygens (including phenoxy) is 1. The van der Waals surface area contributed by atoms with Crippen LogP contribution in [-0.4, -0.2) is 21.0 Å². The van der Waals surface area contributed by atoms with Crippen LogP contribution in [0, 0.1) is 6.92 Å². The van der Waals surface area contributed by atoms with E-state index in [0.717, 1.165) is 27.4 Å². The number of rotatable bonds is 2. The highest BCUT2D eigenvalue weighted by atomic mass is 32.2. The summed E-state index contributed by atoms with van der Waals surface area (Å²) in [5.41, 5.74) is 2.92. The Labute approximate surface area is 131 Å². The molecular weight excluding hydrogens is 298 g/mol. The maximum atomic E-state index is 12.3. The Morgan fingerprint density at radius 2 is 1.95 bits per heavy atom. The van der Waals surface area contributed by atoms with Crippen LogP contribution >= 0.6 is 0 Å². The summed E-state index contributed by atoms with van der Waals surface area (Å²) in [4.78, 5) is 11.9. The van der Waals surface area contributed by atoms with Crippen molar-refractivity contribution in [2.24, 2.45) is 7.05 Å². The van der Waals surface area contributed by atoms with Crippen molar-refractivity contribution in [1.82, 2.24) is 4.57 Å². The molecule has 1 aromatic heterocycles. The van der Waals surface area contributed by atoms with Gasteiger partial charge in [0.15, 0.2) is 0 Å². The zero-order valence-electron chi connectivity index (χ0n) is 13.0. The van der Waals surface area contributed by atoms with Gasteiger partial charge < -0.3 is 9.30 Å². The van der Waals surface area contributed by atoms with Crippen LogP contribution < -0.4 is 4.74 Å². The van der Waals surface area contributed by atoms with Crippen molar-refractivity contribution in [2.45, 2.75) is 18.7 Å². The second kappa shape index (κ2) is 5.25. The Morgan fingerprint density at radius 3 is 2.59 bits per heavy atom. The fourth-order valence-electron chi connectivity index (χ4n) is 3.02. The van der Waals surface area contributed by atoms with Gasteiger partial charge in [-0.3, -0.25) is 9.00 Å². The SMILES string of the molecule is CC(=O)Oc1cc(C)c2c3ccccc3n(C)c2c1S(C)=O. The molecule has 0 aliphatic carbocycles. The van der Waals surface area contributed by atoms with Crippen molar-refractivity contribution >= 4 is 38.6 Å². The first-order valence-corrected chi connectivity index (χ1v) is 8.50. The van der Waals surface area contributed by atoms with Gasteiger partial charge in [0.05, 0.1) is 16.3 Å². The van der Waals surface area contributed by atoms with Gasteiger partial charge in [-0.15, -0.1) is 0 Å². The summed E-state index contributed by atoms with van der Waals surface area (Å²) in [7, 11) is 0.668. The fourth-order valence-corrected chi connectivity index (χ4v) is 3.91. The molecule has 0 radical (unpaired) electrons. The minimum atomic E-state index is -1.27. The lowest BCUT2D eigenvalue weighted by atomic mass is 10.1. The van der Waals surface area contributed by atoms with Gasteiger partial charge in [0.2, 0.25) is 0 Å². The summed E-state index contributed by atoms with van der Waals surface area (Å²) in [5.74, 6) is -0.0338. The molecule has 0 saturated heterocycles. The number of benzene rings is 2. The second-order valence-corrected chi connectivity index (χ2v) is 6.68. The Kier molecular flexibility index (Phi) is 3.53. The summed E-state index contributed by atoms with van der Waals surface area (Å²) < 4.78 is 19.6. The number of para-hydroxylation sites is 1. The largest absolute Gasteiger partial charge is 0.425 e. The molecular formula is C17H17NO3S. The minimum Gasteiger partial charge on any atom is -0.425 e. The summed E-state index contributed by atoms with van der Waals surface area (Å²) in [6.07, 6.45) is 1.61. The Hall–Kier alpha value is -2.14. The van der Waals surface area contributed by atoms with Gasteiger partial charge in [0.1, 0.15) is 10.6 Å². The maximum absolute atomic E-state index is 12.3. The van der Waals surface area contributed by atoms with Crippen LogP contribution in [0.5, 0.6) is 5.75 Å². The summed E-state index contributed by atoms with van der Waals surface area (Å²) in [5, 5.41) is 2.16. The van der Waals surface area contributed by atoms with E-state index in [0.29, 0.717) is 10.6 Å². The predicted molar refractivity (Wildman–Crippen MR) is 88.8 cm³/mol. The molecule has 3 rings (SSSR count). The van der Waals surface area contributed by atoms with Crippen LogP contribution in [0.4, 0.5) is 0 Å². The number of fused-ring (bicyclic) bond motifs is 3. The highest BCUT2D eigenvalue weighted by molar-refractivity contribution is 7.84. The first kappa shape index (κ1) is 14.8. The zero-order valence-corrected chi connectivity index (χ0v) is 13.8. The lowest BCUT2D eigenvalue weighted by Gasteiger charge is -2.12. The van der Waals surface area contributed by atoms with Gasteiger partial charge in [-0.1, -0.05) is 18.2 Å². The van der Waals surface area contributed by atoms with Crippen LogP contribution in [0.25, 0.3) is 21.8 Å². The topological polar surface area (TPSA) is 48.3 Å². The maximum Gasteiger partial charge on any atom is 0.308 e. The third kappa shape index (κ3) is 2.13. The molecule has 0 bridgehead atoms. The second-order valence-electron chi connectivity index (χ2n) is 5.37. The van der Waals surface area contributed by atoms with Gasteiger partial charge in [0.25, 0.3) is 0 Å². The number of aryl methyl sites for hydroxylation is 2. The minimum absolute atomic E-state index is 0.379.